The quantitative estimate of drug-likeness (QED) is 0.894. The molecule has 0 saturated heterocycles. The summed E-state index contributed by atoms with van der Waals surface area (Å²) >= 11 is 0. The minimum Gasteiger partial charge on any atom is -0.456 e. The van der Waals surface area contributed by atoms with E-state index in [9.17, 15) is 14.7 Å². The Labute approximate surface area is 133 Å². The van der Waals surface area contributed by atoms with Gasteiger partial charge in [-0.15, -0.1) is 0 Å². The van der Waals surface area contributed by atoms with Gasteiger partial charge in [0.2, 0.25) is 0 Å². The van der Waals surface area contributed by atoms with Crippen LogP contribution in [0.4, 0.5) is 0 Å². The highest BCUT2D eigenvalue weighted by Crippen LogP contribution is 2.37. The number of aromatic nitrogens is 1. The second kappa shape index (κ2) is 6.34. The molecule has 23 heavy (non-hydrogen) atoms. The van der Waals surface area contributed by atoms with Crippen molar-refractivity contribution in [1.82, 2.24) is 10.3 Å². The van der Waals surface area contributed by atoms with Gasteiger partial charge < -0.3 is 14.8 Å². The number of nitrogens with one attached hydrogen (secondary N) is 1. The topological polar surface area (TPSA) is 92.4 Å². The van der Waals surface area contributed by atoms with Gasteiger partial charge in [0.1, 0.15) is 5.76 Å². The van der Waals surface area contributed by atoms with Crippen LogP contribution in [-0.2, 0) is 0 Å². The fraction of sp³-hybridized carbons (Fsp3) is 0.353. The molecule has 2 aromatic heterocycles. The van der Waals surface area contributed by atoms with Crippen LogP contribution < -0.4 is 10.7 Å². The van der Waals surface area contributed by atoms with Crippen molar-refractivity contribution >= 4 is 5.91 Å². The molecule has 1 fully saturated rings. The van der Waals surface area contributed by atoms with E-state index in [4.69, 9.17) is 4.42 Å². The molecule has 2 aromatic rings. The third-order valence-electron chi connectivity index (χ3n) is 4.03. The minimum absolute atomic E-state index is 0.0178. The van der Waals surface area contributed by atoms with Gasteiger partial charge in [-0.2, -0.15) is 0 Å². The molecule has 1 aliphatic rings. The Hall–Kier alpha value is -2.47. The lowest BCUT2D eigenvalue weighted by Gasteiger charge is -2.37. The number of carbonyl (C=O) groups excluding carboxylic acids is 1. The fourth-order valence-electron chi connectivity index (χ4n) is 2.82. The van der Waals surface area contributed by atoms with Gasteiger partial charge in [0, 0.05) is 18.3 Å². The van der Waals surface area contributed by atoms with Gasteiger partial charge in [-0.25, -0.2) is 0 Å². The SMILES string of the molecule is Cc1cc(=O)cc(C(=O)NC(c2ccccn2)C2CC(O)C2)o1. The van der Waals surface area contributed by atoms with Crippen molar-refractivity contribution in [3.8, 4) is 0 Å². The molecule has 2 N–H and O–H groups in total. The molecule has 1 aliphatic carbocycles. The van der Waals surface area contributed by atoms with Crippen LogP contribution in [-0.4, -0.2) is 22.1 Å². The minimum atomic E-state index is -0.456. The van der Waals surface area contributed by atoms with Crippen LogP contribution in [0.5, 0.6) is 0 Å². The number of carbonyl (C=O) groups is 1. The average Bonchev–Trinajstić information content (AvgIpc) is 2.49. The number of hydrogen-bond acceptors (Lipinski definition) is 5. The molecule has 1 unspecified atom stereocenters. The molecule has 0 radical (unpaired) electrons. The van der Waals surface area contributed by atoms with Crippen LogP contribution in [0.25, 0.3) is 0 Å². The number of aliphatic hydroxyl groups excluding tert-OH is 1. The summed E-state index contributed by atoms with van der Waals surface area (Å²) in [5, 5.41) is 12.4. The lowest BCUT2D eigenvalue weighted by atomic mass is 9.76. The van der Waals surface area contributed by atoms with Crippen LogP contribution in [0.2, 0.25) is 0 Å². The summed E-state index contributed by atoms with van der Waals surface area (Å²) in [6, 6.07) is 7.67. The van der Waals surface area contributed by atoms with Gasteiger partial charge in [0.25, 0.3) is 5.91 Å². The normalized spacial score (nSPS) is 21.3. The van der Waals surface area contributed by atoms with Gasteiger partial charge in [-0.05, 0) is 37.8 Å². The number of amides is 1. The smallest absolute Gasteiger partial charge is 0.287 e. The van der Waals surface area contributed by atoms with Crippen molar-refractivity contribution in [2.75, 3.05) is 0 Å². The Morgan fingerprint density at radius 1 is 1.39 bits per heavy atom. The first-order chi connectivity index (χ1) is 11.0. The summed E-state index contributed by atoms with van der Waals surface area (Å²) in [5.41, 5.74) is 0.458. The third-order valence-corrected chi connectivity index (χ3v) is 4.03. The Morgan fingerprint density at radius 3 is 2.78 bits per heavy atom. The Bertz CT molecular complexity index is 751. The average molecular weight is 314 g/mol. The molecule has 3 rings (SSSR count). The van der Waals surface area contributed by atoms with Gasteiger partial charge >= 0.3 is 0 Å². The number of nitrogens with zero attached hydrogens (tertiary/aromatic N) is 1. The molecule has 6 heteroatoms. The van der Waals surface area contributed by atoms with Crippen molar-refractivity contribution < 1.29 is 14.3 Å². The van der Waals surface area contributed by atoms with E-state index >= 15 is 0 Å². The number of rotatable bonds is 4. The van der Waals surface area contributed by atoms with Gasteiger partial charge in [-0.1, -0.05) is 6.07 Å². The third kappa shape index (κ3) is 3.48. The maximum atomic E-state index is 12.4. The maximum absolute atomic E-state index is 12.4. The van der Waals surface area contributed by atoms with Crippen molar-refractivity contribution in [2.45, 2.75) is 31.9 Å². The first kappa shape index (κ1) is 15.4. The zero-order valence-electron chi connectivity index (χ0n) is 12.7. The summed E-state index contributed by atoms with van der Waals surface area (Å²) in [6.45, 7) is 1.62. The first-order valence-corrected chi connectivity index (χ1v) is 7.54. The molecule has 6 nitrogen and oxygen atoms in total. The second-order valence-corrected chi connectivity index (χ2v) is 5.86. The van der Waals surface area contributed by atoms with E-state index in [0.29, 0.717) is 18.6 Å². The summed E-state index contributed by atoms with van der Waals surface area (Å²) in [4.78, 5) is 28.3. The summed E-state index contributed by atoms with van der Waals surface area (Å²) in [5.74, 6) is 0.0233. The lowest BCUT2D eigenvalue weighted by Crippen LogP contribution is -2.41. The number of aliphatic hydroxyl groups is 1. The standard InChI is InChI=1S/C17H18N2O4/c1-10-6-12(20)9-15(23-10)17(22)19-16(11-7-13(21)8-11)14-4-2-3-5-18-14/h2-6,9,11,13,16,21H,7-8H2,1H3,(H,19,22). The number of pyridine rings is 1. The van der Waals surface area contributed by atoms with E-state index in [-0.39, 0.29) is 29.3 Å². The molecule has 0 aliphatic heterocycles. The molecule has 0 aromatic carbocycles. The van der Waals surface area contributed by atoms with Crippen LogP contribution in [0.1, 0.15) is 40.9 Å². The second-order valence-electron chi connectivity index (χ2n) is 5.86. The summed E-state index contributed by atoms with van der Waals surface area (Å²) in [7, 11) is 0. The van der Waals surface area contributed by atoms with Crippen molar-refractivity contribution in [2.24, 2.45) is 5.92 Å². The maximum Gasteiger partial charge on any atom is 0.287 e. The highest BCUT2D eigenvalue weighted by atomic mass is 16.3. The lowest BCUT2D eigenvalue weighted by molar-refractivity contribution is 0.0225. The van der Waals surface area contributed by atoms with Crippen LogP contribution in [0.3, 0.4) is 0 Å². The van der Waals surface area contributed by atoms with Gasteiger partial charge in [0.05, 0.1) is 17.8 Å². The van der Waals surface area contributed by atoms with Gasteiger partial charge in [0.15, 0.2) is 11.2 Å². The Kier molecular flexibility index (Phi) is 4.25. The van der Waals surface area contributed by atoms with E-state index < -0.39 is 5.91 Å². The van der Waals surface area contributed by atoms with E-state index in [0.717, 1.165) is 5.69 Å². The largest absolute Gasteiger partial charge is 0.456 e. The van der Waals surface area contributed by atoms with E-state index in [1.165, 1.54) is 12.1 Å². The molecular weight excluding hydrogens is 296 g/mol. The molecule has 2 heterocycles. The van der Waals surface area contributed by atoms with Crippen LogP contribution >= 0.6 is 0 Å². The zero-order chi connectivity index (χ0) is 16.4. The van der Waals surface area contributed by atoms with Crippen LogP contribution in [0, 0.1) is 12.8 Å². The number of aryl methyl sites for hydroxylation is 1. The molecule has 0 spiro atoms. The highest BCUT2D eigenvalue weighted by Gasteiger charge is 2.36. The van der Waals surface area contributed by atoms with Gasteiger partial charge in [-0.3, -0.25) is 14.6 Å². The summed E-state index contributed by atoms with van der Waals surface area (Å²) in [6.07, 6.45) is 2.55. The molecule has 0 bridgehead atoms. The molecule has 1 saturated carbocycles. The van der Waals surface area contributed by atoms with Crippen molar-refractivity contribution in [1.29, 1.82) is 0 Å². The van der Waals surface area contributed by atoms with Crippen molar-refractivity contribution in [3.05, 3.63) is 64.0 Å². The highest BCUT2D eigenvalue weighted by molar-refractivity contribution is 5.91. The fourth-order valence-corrected chi connectivity index (χ4v) is 2.82. The Balaban J connectivity index is 1.83. The Morgan fingerprint density at radius 2 is 2.17 bits per heavy atom. The number of hydrogen-bond donors (Lipinski definition) is 2. The van der Waals surface area contributed by atoms with E-state index in [2.05, 4.69) is 10.3 Å². The summed E-state index contributed by atoms with van der Waals surface area (Å²) < 4.78 is 5.33. The van der Waals surface area contributed by atoms with E-state index in [1.807, 2.05) is 12.1 Å². The first-order valence-electron chi connectivity index (χ1n) is 7.54. The zero-order valence-corrected chi connectivity index (χ0v) is 12.7. The molecular formula is C17H18N2O4. The monoisotopic (exact) mass is 314 g/mol. The molecule has 120 valence electrons. The predicted molar refractivity (Wildman–Crippen MR) is 82.9 cm³/mol. The molecule has 1 amide bonds. The molecule has 1 atom stereocenters. The van der Waals surface area contributed by atoms with Crippen molar-refractivity contribution in [3.63, 3.8) is 0 Å². The predicted octanol–water partition coefficient (Wildman–Crippen LogP) is 1.59. The van der Waals surface area contributed by atoms with Crippen LogP contribution in [0.15, 0.2) is 45.7 Å². The van der Waals surface area contributed by atoms with E-state index in [1.54, 1.807) is 19.2 Å².